The maximum Gasteiger partial charge on any atom is 0.236 e. The Labute approximate surface area is 80.5 Å². The molecular weight excluding hydrogens is 164 g/mol. The van der Waals surface area contributed by atoms with Crippen LogP contribution < -0.4 is 5.32 Å². The van der Waals surface area contributed by atoms with E-state index in [1.807, 2.05) is 11.9 Å². The smallest absolute Gasteiger partial charge is 0.236 e. The van der Waals surface area contributed by atoms with Gasteiger partial charge in [-0.3, -0.25) is 4.79 Å². The number of nitrogens with one attached hydrogen (secondary N) is 1. The van der Waals surface area contributed by atoms with Crippen LogP contribution in [0.5, 0.6) is 0 Å². The zero-order valence-corrected chi connectivity index (χ0v) is 8.84. The van der Waals surface area contributed by atoms with Crippen LogP contribution in [0.25, 0.3) is 0 Å². The highest BCUT2D eigenvalue weighted by Crippen LogP contribution is 2.21. The molecule has 0 radical (unpaired) electrons. The lowest BCUT2D eigenvalue weighted by atomic mass is 9.93. The number of piperidine rings is 1. The number of carbonyl (C=O) groups is 1. The summed E-state index contributed by atoms with van der Waals surface area (Å²) in [4.78, 5) is 13.6. The summed E-state index contributed by atoms with van der Waals surface area (Å²) >= 11 is 0. The minimum absolute atomic E-state index is 0.238. The van der Waals surface area contributed by atoms with E-state index in [0.29, 0.717) is 12.6 Å². The molecule has 1 N–H and O–H groups in total. The molecule has 1 heterocycles. The molecule has 1 aliphatic rings. The van der Waals surface area contributed by atoms with Gasteiger partial charge in [0.1, 0.15) is 0 Å². The first-order chi connectivity index (χ1) is 6.15. The molecule has 1 aliphatic heterocycles. The standard InChI is InChI=1S/C10H20N2O/c1-8-4-5-12(9(2)6-8)10(13)7-11-3/h8-9,11H,4-7H2,1-3H3. The van der Waals surface area contributed by atoms with Gasteiger partial charge in [0.15, 0.2) is 0 Å². The van der Waals surface area contributed by atoms with Crippen molar-refractivity contribution < 1.29 is 4.79 Å². The summed E-state index contributed by atoms with van der Waals surface area (Å²) in [5, 5.41) is 2.91. The Morgan fingerprint density at radius 2 is 2.23 bits per heavy atom. The average molecular weight is 184 g/mol. The first kappa shape index (κ1) is 10.5. The Hall–Kier alpha value is -0.570. The molecule has 0 aliphatic carbocycles. The van der Waals surface area contributed by atoms with Crippen molar-refractivity contribution in [2.45, 2.75) is 32.7 Å². The van der Waals surface area contributed by atoms with Gasteiger partial charge in [-0.1, -0.05) is 6.92 Å². The number of hydrogen-bond donors (Lipinski definition) is 1. The van der Waals surface area contributed by atoms with Gasteiger partial charge in [0.25, 0.3) is 0 Å². The van der Waals surface area contributed by atoms with Crippen LogP contribution in [-0.2, 0) is 4.79 Å². The fourth-order valence-corrected chi connectivity index (χ4v) is 2.03. The quantitative estimate of drug-likeness (QED) is 0.690. The highest BCUT2D eigenvalue weighted by Gasteiger charge is 2.25. The van der Waals surface area contributed by atoms with Crippen LogP contribution in [0, 0.1) is 5.92 Å². The third kappa shape index (κ3) is 2.69. The number of likely N-dealkylation sites (N-methyl/N-ethyl adjacent to an activating group) is 1. The Morgan fingerprint density at radius 1 is 1.54 bits per heavy atom. The predicted molar refractivity (Wildman–Crippen MR) is 53.5 cm³/mol. The van der Waals surface area contributed by atoms with Crippen LogP contribution >= 0.6 is 0 Å². The van der Waals surface area contributed by atoms with E-state index in [1.165, 1.54) is 0 Å². The van der Waals surface area contributed by atoms with Crippen molar-refractivity contribution in [3.63, 3.8) is 0 Å². The second kappa shape index (κ2) is 4.61. The molecule has 1 fully saturated rings. The molecule has 0 aromatic rings. The lowest BCUT2D eigenvalue weighted by Gasteiger charge is -2.36. The summed E-state index contributed by atoms with van der Waals surface area (Å²) in [5.74, 6) is 1.01. The SMILES string of the molecule is CNCC(=O)N1CCC(C)CC1C. The van der Waals surface area contributed by atoms with Gasteiger partial charge in [-0.05, 0) is 32.7 Å². The van der Waals surface area contributed by atoms with Crippen LogP contribution in [0.3, 0.4) is 0 Å². The topological polar surface area (TPSA) is 32.3 Å². The molecule has 3 heteroatoms. The second-order valence-corrected chi connectivity index (χ2v) is 4.10. The lowest BCUT2D eigenvalue weighted by Crippen LogP contribution is -2.47. The third-order valence-electron chi connectivity index (χ3n) is 2.79. The molecule has 76 valence electrons. The maximum atomic E-state index is 11.6. The molecular formula is C10H20N2O. The van der Waals surface area contributed by atoms with Gasteiger partial charge in [-0.15, -0.1) is 0 Å². The predicted octanol–water partition coefficient (Wildman–Crippen LogP) is 0.853. The zero-order valence-electron chi connectivity index (χ0n) is 8.84. The normalized spacial score (nSPS) is 29.0. The first-order valence-electron chi connectivity index (χ1n) is 5.09. The minimum atomic E-state index is 0.238. The van der Waals surface area contributed by atoms with E-state index in [9.17, 15) is 4.79 Å². The Bertz CT molecular complexity index is 182. The highest BCUT2D eigenvalue weighted by molar-refractivity contribution is 5.78. The van der Waals surface area contributed by atoms with E-state index in [2.05, 4.69) is 19.2 Å². The van der Waals surface area contributed by atoms with Crippen molar-refractivity contribution in [2.24, 2.45) is 5.92 Å². The van der Waals surface area contributed by atoms with Gasteiger partial charge >= 0.3 is 0 Å². The highest BCUT2D eigenvalue weighted by atomic mass is 16.2. The number of amides is 1. The number of rotatable bonds is 2. The van der Waals surface area contributed by atoms with Crippen LogP contribution in [0.1, 0.15) is 26.7 Å². The van der Waals surface area contributed by atoms with Crippen LogP contribution in [0.15, 0.2) is 0 Å². The Balaban J connectivity index is 2.45. The molecule has 1 saturated heterocycles. The van der Waals surface area contributed by atoms with E-state index in [4.69, 9.17) is 0 Å². The van der Waals surface area contributed by atoms with Crippen molar-refractivity contribution in [1.29, 1.82) is 0 Å². The van der Waals surface area contributed by atoms with Crippen molar-refractivity contribution in [1.82, 2.24) is 10.2 Å². The number of likely N-dealkylation sites (tertiary alicyclic amines) is 1. The van der Waals surface area contributed by atoms with Gasteiger partial charge in [0, 0.05) is 12.6 Å². The zero-order chi connectivity index (χ0) is 9.84. The van der Waals surface area contributed by atoms with E-state index in [1.54, 1.807) is 0 Å². The molecule has 0 aromatic carbocycles. The fourth-order valence-electron chi connectivity index (χ4n) is 2.03. The second-order valence-electron chi connectivity index (χ2n) is 4.10. The first-order valence-corrected chi connectivity index (χ1v) is 5.09. The molecule has 2 atom stereocenters. The number of hydrogen-bond acceptors (Lipinski definition) is 2. The molecule has 0 bridgehead atoms. The summed E-state index contributed by atoms with van der Waals surface area (Å²) < 4.78 is 0. The van der Waals surface area contributed by atoms with Gasteiger partial charge in [-0.2, -0.15) is 0 Å². The monoisotopic (exact) mass is 184 g/mol. The fraction of sp³-hybridized carbons (Fsp3) is 0.900. The largest absolute Gasteiger partial charge is 0.339 e. The molecule has 3 nitrogen and oxygen atoms in total. The van der Waals surface area contributed by atoms with E-state index in [0.717, 1.165) is 25.3 Å². The molecule has 2 unspecified atom stereocenters. The summed E-state index contributed by atoms with van der Waals surface area (Å²) in [6.45, 7) is 5.81. The van der Waals surface area contributed by atoms with E-state index < -0.39 is 0 Å². The van der Waals surface area contributed by atoms with Crippen LogP contribution in [0.2, 0.25) is 0 Å². The van der Waals surface area contributed by atoms with Gasteiger partial charge in [-0.25, -0.2) is 0 Å². The molecule has 0 aromatic heterocycles. The summed E-state index contributed by atoms with van der Waals surface area (Å²) in [6, 6.07) is 0.421. The van der Waals surface area contributed by atoms with Crippen molar-refractivity contribution in [3.8, 4) is 0 Å². The van der Waals surface area contributed by atoms with Crippen LogP contribution in [-0.4, -0.2) is 37.0 Å². The van der Waals surface area contributed by atoms with Gasteiger partial charge in [0.2, 0.25) is 5.91 Å². The summed E-state index contributed by atoms with van der Waals surface area (Å²) in [7, 11) is 1.81. The summed E-state index contributed by atoms with van der Waals surface area (Å²) in [6.07, 6.45) is 2.30. The molecule has 0 spiro atoms. The van der Waals surface area contributed by atoms with E-state index >= 15 is 0 Å². The van der Waals surface area contributed by atoms with Gasteiger partial charge < -0.3 is 10.2 Å². The van der Waals surface area contributed by atoms with Crippen molar-refractivity contribution in [3.05, 3.63) is 0 Å². The van der Waals surface area contributed by atoms with Crippen molar-refractivity contribution >= 4 is 5.91 Å². The van der Waals surface area contributed by atoms with Gasteiger partial charge in [0.05, 0.1) is 6.54 Å². The molecule has 1 amide bonds. The lowest BCUT2D eigenvalue weighted by molar-refractivity contribution is -0.133. The average Bonchev–Trinajstić information content (AvgIpc) is 2.04. The van der Waals surface area contributed by atoms with E-state index in [-0.39, 0.29) is 5.91 Å². The number of carbonyl (C=O) groups excluding carboxylic acids is 1. The molecule has 1 rings (SSSR count). The summed E-state index contributed by atoms with van der Waals surface area (Å²) in [5.41, 5.74) is 0. The van der Waals surface area contributed by atoms with Crippen molar-refractivity contribution in [2.75, 3.05) is 20.1 Å². The minimum Gasteiger partial charge on any atom is -0.339 e. The molecule has 13 heavy (non-hydrogen) atoms. The Kier molecular flexibility index (Phi) is 3.72. The number of nitrogens with zero attached hydrogens (tertiary/aromatic N) is 1. The Morgan fingerprint density at radius 3 is 2.77 bits per heavy atom. The molecule has 0 saturated carbocycles. The third-order valence-corrected chi connectivity index (χ3v) is 2.79. The maximum absolute atomic E-state index is 11.6. The van der Waals surface area contributed by atoms with Crippen LogP contribution in [0.4, 0.5) is 0 Å².